The van der Waals surface area contributed by atoms with E-state index in [9.17, 15) is 4.79 Å². The van der Waals surface area contributed by atoms with Gasteiger partial charge in [0, 0.05) is 20.3 Å². The van der Waals surface area contributed by atoms with Crippen molar-refractivity contribution in [2.24, 2.45) is 11.8 Å². The molecule has 88 valence electrons. The number of carboxylic acid groups (broad SMARTS) is 1. The molecule has 0 aromatic heterocycles. The van der Waals surface area contributed by atoms with Crippen molar-refractivity contribution in [1.29, 1.82) is 0 Å². The lowest BCUT2D eigenvalue weighted by Crippen LogP contribution is -2.41. The van der Waals surface area contributed by atoms with E-state index in [1.807, 2.05) is 6.92 Å². The van der Waals surface area contributed by atoms with Crippen LogP contribution in [-0.4, -0.2) is 48.8 Å². The molecule has 1 aliphatic heterocycles. The fourth-order valence-electron chi connectivity index (χ4n) is 2.37. The molecule has 0 amide bonds. The van der Waals surface area contributed by atoms with Gasteiger partial charge in [0.05, 0.1) is 0 Å². The smallest absolute Gasteiger partial charge is 0.321 e. The molecule has 15 heavy (non-hydrogen) atoms. The van der Waals surface area contributed by atoms with Crippen molar-refractivity contribution < 1.29 is 14.6 Å². The third-order valence-electron chi connectivity index (χ3n) is 3.05. The summed E-state index contributed by atoms with van der Waals surface area (Å²) < 4.78 is 5.06. The quantitative estimate of drug-likeness (QED) is 0.745. The fourth-order valence-corrected chi connectivity index (χ4v) is 2.37. The number of methoxy groups -OCH3 is 1. The molecule has 1 rings (SSSR count). The summed E-state index contributed by atoms with van der Waals surface area (Å²) >= 11 is 0. The Bertz CT molecular complexity index is 220. The van der Waals surface area contributed by atoms with Crippen molar-refractivity contribution in [2.45, 2.75) is 26.3 Å². The summed E-state index contributed by atoms with van der Waals surface area (Å²) in [5, 5.41) is 9.12. The monoisotopic (exact) mass is 215 g/mol. The first-order chi connectivity index (χ1) is 7.06. The topological polar surface area (TPSA) is 49.8 Å². The van der Waals surface area contributed by atoms with Gasteiger partial charge < -0.3 is 9.84 Å². The second-order valence-corrected chi connectivity index (χ2v) is 4.60. The van der Waals surface area contributed by atoms with Crippen molar-refractivity contribution in [1.82, 2.24) is 4.90 Å². The van der Waals surface area contributed by atoms with E-state index in [0.29, 0.717) is 12.5 Å². The highest BCUT2D eigenvalue weighted by molar-refractivity contribution is 5.74. The first kappa shape index (κ1) is 12.5. The maximum Gasteiger partial charge on any atom is 0.321 e. The number of rotatable bonds is 5. The average molecular weight is 215 g/mol. The molecule has 1 fully saturated rings. The second-order valence-electron chi connectivity index (χ2n) is 4.60. The normalized spacial score (nSPS) is 29.3. The Kier molecular flexibility index (Phi) is 4.54. The lowest BCUT2D eigenvalue weighted by atomic mass is 10.0. The molecule has 0 spiro atoms. The lowest BCUT2D eigenvalue weighted by molar-refractivity contribution is -0.143. The van der Waals surface area contributed by atoms with Gasteiger partial charge in [-0.3, -0.25) is 9.69 Å². The number of ether oxygens (including phenoxy) is 1. The standard InChI is InChI=1S/C11H21NO3/c1-8(7-15-3)6-12-5-4-9(2)10(12)11(13)14/h8-10H,4-7H2,1-3H3,(H,13,14). The third kappa shape index (κ3) is 3.18. The van der Waals surface area contributed by atoms with Gasteiger partial charge in [0.1, 0.15) is 6.04 Å². The van der Waals surface area contributed by atoms with Crippen LogP contribution in [0.1, 0.15) is 20.3 Å². The van der Waals surface area contributed by atoms with E-state index in [1.54, 1.807) is 7.11 Å². The number of carboxylic acids is 1. The molecule has 4 heteroatoms. The van der Waals surface area contributed by atoms with Crippen LogP contribution in [0.5, 0.6) is 0 Å². The average Bonchev–Trinajstić information content (AvgIpc) is 2.47. The zero-order valence-corrected chi connectivity index (χ0v) is 9.77. The molecule has 0 saturated carbocycles. The van der Waals surface area contributed by atoms with Gasteiger partial charge in [0.15, 0.2) is 0 Å². The summed E-state index contributed by atoms with van der Waals surface area (Å²) in [4.78, 5) is 13.2. The van der Waals surface area contributed by atoms with Gasteiger partial charge in [0.25, 0.3) is 0 Å². The number of carbonyl (C=O) groups is 1. The highest BCUT2D eigenvalue weighted by atomic mass is 16.5. The Hall–Kier alpha value is -0.610. The van der Waals surface area contributed by atoms with Gasteiger partial charge in [-0.05, 0) is 24.8 Å². The Morgan fingerprint density at radius 1 is 1.67 bits per heavy atom. The molecule has 3 atom stereocenters. The molecule has 0 aromatic carbocycles. The Morgan fingerprint density at radius 2 is 2.33 bits per heavy atom. The minimum Gasteiger partial charge on any atom is -0.480 e. The summed E-state index contributed by atoms with van der Waals surface area (Å²) in [5.41, 5.74) is 0. The molecule has 3 unspecified atom stereocenters. The number of nitrogens with zero attached hydrogens (tertiary/aromatic N) is 1. The van der Waals surface area contributed by atoms with Crippen molar-refractivity contribution >= 4 is 5.97 Å². The maximum atomic E-state index is 11.1. The van der Waals surface area contributed by atoms with E-state index in [-0.39, 0.29) is 12.0 Å². The fraction of sp³-hybridized carbons (Fsp3) is 0.909. The van der Waals surface area contributed by atoms with Crippen LogP contribution in [0.2, 0.25) is 0 Å². The largest absolute Gasteiger partial charge is 0.480 e. The van der Waals surface area contributed by atoms with Crippen molar-refractivity contribution in [3.8, 4) is 0 Å². The van der Waals surface area contributed by atoms with E-state index in [1.165, 1.54) is 0 Å². The molecule has 0 radical (unpaired) electrons. The van der Waals surface area contributed by atoms with Crippen molar-refractivity contribution in [2.75, 3.05) is 26.8 Å². The van der Waals surface area contributed by atoms with E-state index in [2.05, 4.69) is 11.8 Å². The van der Waals surface area contributed by atoms with Gasteiger partial charge in [-0.25, -0.2) is 0 Å². The minimum absolute atomic E-state index is 0.261. The molecule has 0 aliphatic carbocycles. The highest BCUT2D eigenvalue weighted by Gasteiger charge is 2.36. The maximum absolute atomic E-state index is 11.1. The molecule has 0 bridgehead atoms. The summed E-state index contributed by atoms with van der Waals surface area (Å²) in [6.45, 7) is 6.50. The third-order valence-corrected chi connectivity index (χ3v) is 3.05. The van der Waals surface area contributed by atoms with Gasteiger partial charge in [0.2, 0.25) is 0 Å². The van der Waals surface area contributed by atoms with E-state index < -0.39 is 5.97 Å². The summed E-state index contributed by atoms with van der Waals surface area (Å²) in [6, 6.07) is -0.302. The molecule has 1 aliphatic rings. The van der Waals surface area contributed by atoms with E-state index in [0.717, 1.165) is 19.5 Å². The zero-order chi connectivity index (χ0) is 11.4. The molecular formula is C11H21NO3. The van der Waals surface area contributed by atoms with Crippen LogP contribution in [-0.2, 0) is 9.53 Å². The van der Waals surface area contributed by atoms with Crippen LogP contribution in [0.4, 0.5) is 0 Å². The van der Waals surface area contributed by atoms with E-state index >= 15 is 0 Å². The van der Waals surface area contributed by atoms with Gasteiger partial charge in [-0.15, -0.1) is 0 Å². The SMILES string of the molecule is COCC(C)CN1CCC(C)C1C(=O)O. The van der Waals surface area contributed by atoms with Gasteiger partial charge in [-0.1, -0.05) is 13.8 Å². The van der Waals surface area contributed by atoms with Crippen LogP contribution >= 0.6 is 0 Å². The van der Waals surface area contributed by atoms with Gasteiger partial charge >= 0.3 is 5.97 Å². The predicted molar refractivity (Wildman–Crippen MR) is 57.8 cm³/mol. The Morgan fingerprint density at radius 3 is 2.87 bits per heavy atom. The highest BCUT2D eigenvalue weighted by Crippen LogP contribution is 2.24. The van der Waals surface area contributed by atoms with Gasteiger partial charge in [-0.2, -0.15) is 0 Å². The van der Waals surface area contributed by atoms with Crippen LogP contribution in [0, 0.1) is 11.8 Å². The molecular weight excluding hydrogens is 194 g/mol. The predicted octanol–water partition coefficient (Wildman–Crippen LogP) is 1.06. The summed E-state index contributed by atoms with van der Waals surface area (Å²) in [5.74, 6) is -0.0380. The molecule has 1 N–H and O–H groups in total. The van der Waals surface area contributed by atoms with Crippen LogP contribution in [0.3, 0.4) is 0 Å². The van der Waals surface area contributed by atoms with E-state index in [4.69, 9.17) is 9.84 Å². The lowest BCUT2D eigenvalue weighted by Gasteiger charge is -2.25. The number of likely N-dealkylation sites (tertiary alicyclic amines) is 1. The minimum atomic E-state index is -0.690. The van der Waals surface area contributed by atoms with Crippen molar-refractivity contribution in [3.05, 3.63) is 0 Å². The van der Waals surface area contributed by atoms with Crippen LogP contribution in [0.15, 0.2) is 0 Å². The zero-order valence-electron chi connectivity index (χ0n) is 9.77. The summed E-state index contributed by atoms with van der Waals surface area (Å²) in [6.07, 6.45) is 0.983. The Labute approximate surface area is 91.2 Å². The summed E-state index contributed by atoms with van der Waals surface area (Å²) in [7, 11) is 1.68. The number of hydrogen-bond donors (Lipinski definition) is 1. The molecule has 0 aromatic rings. The first-order valence-electron chi connectivity index (χ1n) is 5.52. The number of aliphatic carboxylic acids is 1. The first-order valence-corrected chi connectivity index (χ1v) is 5.52. The second kappa shape index (κ2) is 5.47. The molecule has 1 saturated heterocycles. The van der Waals surface area contributed by atoms with Crippen LogP contribution in [0.25, 0.3) is 0 Å². The molecule has 1 heterocycles. The van der Waals surface area contributed by atoms with Crippen molar-refractivity contribution in [3.63, 3.8) is 0 Å². The molecule has 4 nitrogen and oxygen atoms in total. The van der Waals surface area contributed by atoms with Crippen LogP contribution < -0.4 is 0 Å². The number of hydrogen-bond acceptors (Lipinski definition) is 3. The Balaban J connectivity index is 2.50.